The van der Waals surface area contributed by atoms with E-state index >= 15 is 0 Å². The number of nitrogens with zero attached hydrogens (tertiary/aromatic N) is 4. The van der Waals surface area contributed by atoms with Gasteiger partial charge in [-0.25, -0.2) is 4.39 Å². The van der Waals surface area contributed by atoms with Gasteiger partial charge in [-0.1, -0.05) is 12.1 Å². The highest BCUT2D eigenvalue weighted by molar-refractivity contribution is 8.22. The number of hydrogen-bond acceptors (Lipinski definition) is 7. The van der Waals surface area contributed by atoms with E-state index in [1.165, 1.54) is 16.6 Å². The van der Waals surface area contributed by atoms with Crippen LogP contribution in [0.5, 0.6) is 0 Å². The summed E-state index contributed by atoms with van der Waals surface area (Å²) in [6.07, 6.45) is 2.28. The van der Waals surface area contributed by atoms with E-state index in [9.17, 15) is 23.1 Å². The summed E-state index contributed by atoms with van der Waals surface area (Å²) in [7, 11) is -3.56. The Balaban J connectivity index is 1.77. The lowest BCUT2D eigenvalue weighted by atomic mass is 10.2. The van der Waals surface area contributed by atoms with Gasteiger partial charge in [-0.15, -0.1) is 15.4 Å². The zero-order valence-electron chi connectivity index (χ0n) is 19.9. The fourth-order valence-corrected chi connectivity index (χ4v) is 5.87. The Hall–Kier alpha value is -2.60. The monoisotopic (exact) mass is 495 g/mol. The molecule has 0 aliphatic carbocycles. The van der Waals surface area contributed by atoms with Gasteiger partial charge in [0.1, 0.15) is 12.3 Å². The number of hydrogen-bond donors (Lipinski definition) is 2. The summed E-state index contributed by atoms with van der Waals surface area (Å²) in [4.78, 5) is 30.5. The van der Waals surface area contributed by atoms with E-state index in [4.69, 9.17) is 4.74 Å². The third-order valence-corrected chi connectivity index (χ3v) is 7.56. The first-order chi connectivity index (χ1) is 15.8. The molecule has 1 aromatic heterocycles. The minimum Gasteiger partial charge on any atom is -0.406 e. The van der Waals surface area contributed by atoms with Gasteiger partial charge in [-0.3, -0.25) is 18.9 Å². The maximum atomic E-state index is 14.6. The first kappa shape index (κ1) is 26.0. The summed E-state index contributed by atoms with van der Waals surface area (Å²) in [5.41, 5.74) is -0.709. The molecule has 0 spiro atoms. The standard InChI is InChI=1S/C23H31FN4O5S/c1-16-14-27(20(29)15-26(5)22(30)33-23(2,3)4)10-7-11-28(16)34(31,32)19-9-6-8-17-12-25-13-18(24)21(17)19/h6,8-9,12-13,16H,5,7,10-11,14-15H2,1-4H3,(H-,31,32)/p+1/t16-/m0/s1. The van der Waals surface area contributed by atoms with Gasteiger partial charge in [0.25, 0.3) is 5.91 Å². The normalized spacial score (nSPS) is 18.4. The third kappa shape index (κ3) is 5.72. The molecule has 11 heteroatoms. The topological polar surface area (TPSA) is 106 Å². The lowest BCUT2D eigenvalue weighted by Crippen LogP contribution is -2.45. The van der Waals surface area contributed by atoms with Crippen molar-refractivity contribution in [1.82, 2.24) is 14.2 Å². The summed E-state index contributed by atoms with van der Waals surface area (Å²) in [5, 5.41) is 0.585. The van der Waals surface area contributed by atoms with Crippen molar-refractivity contribution in [2.24, 2.45) is 0 Å². The molecule has 1 aliphatic heterocycles. The van der Waals surface area contributed by atoms with Crippen molar-refractivity contribution in [2.75, 3.05) is 26.2 Å². The van der Waals surface area contributed by atoms with Gasteiger partial charge in [0.05, 0.1) is 11.1 Å². The number of rotatable bonds is 4. The van der Waals surface area contributed by atoms with Crippen molar-refractivity contribution in [2.45, 2.75) is 50.7 Å². The van der Waals surface area contributed by atoms with Crippen LogP contribution in [0, 0.1) is 5.82 Å². The summed E-state index contributed by atoms with van der Waals surface area (Å²) in [5.74, 6) is -0.960. The number of benzene rings is 1. The van der Waals surface area contributed by atoms with Crippen molar-refractivity contribution in [3.05, 3.63) is 36.4 Å². The Labute approximate surface area is 200 Å². The summed E-state index contributed by atoms with van der Waals surface area (Å²) in [6, 6.07) is 4.34. The summed E-state index contributed by atoms with van der Waals surface area (Å²) < 4.78 is 44.9. The van der Waals surface area contributed by atoms with Crippen LogP contribution in [0.3, 0.4) is 0 Å². The van der Waals surface area contributed by atoms with Crippen LogP contribution in [0.2, 0.25) is 0 Å². The smallest absolute Gasteiger partial charge is 0.406 e. The number of ether oxygens (including phenoxy) is 1. The average Bonchev–Trinajstić information content (AvgIpc) is 2.94. The summed E-state index contributed by atoms with van der Waals surface area (Å²) >= 11 is 0. The zero-order chi connectivity index (χ0) is 25.3. The van der Waals surface area contributed by atoms with E-state index in [2.05, 4.69) is 11.7 Å². The molecule has 1 atom stereocenters. The third-order valence-electron chi connectivity index (χ3n) is 5.43. The van der Waals surface area contributed by atoms with E-state index in [0.29, 0.717) is 18.4 Å². The molecule has 2 N–H and O–H groups in total. The maximum Gasteiger partial charge on any atom is 0.596 e. The number of halogens is 1. The van der Waals surface area contributed by atoms with Gasteiger partial charge in [0, 0.05) is 42.6 Å². The molecule has 1 aliphatic rings. The van der Waals surface area contributed by atoms with Crippen LogP contribution < -0.4 is 0 Å². The fourth-order valence-electron chi connectivity index (χ4n) is 3.91. The quantitative estimate of drug-likeness (QED) is 0.488. The Bertz CT molecular complexity index is 1100. The van der Waals surface area contributed by atoms with Crippen LogP contribution in [0.25, 0.3) is 10.8 Å². The van der Waals surface area contributed by atoms with Crippen LogP contribution in [-0.2, 0) is 9.53 Å². The molecule has 186 valence electrons. The van der Waals surface area contributed by atoms with Gasteiger partial charge in [-0.05, 0) is 40.2 Å². The van der Waals surface area contributed by atoms with Gasteiger partial charge in [-0.2, -0.15) is 9.10 Å². The molecule has 1 saturated heterocycles. The molecule has 9 nitrogen and oxygen atoms in total. The van der Waals surface area contributed by atoms with Crippen LogP contribution >= 0.6 is 10.8 Å². The predicted octanol–water partition coefficient (Wildman–Crippen LogP) is 3.97. The zero-order valence-corrected chi connectivity index (χ0v) is 20.7. The first-order valence-electron chi connectivity index (χ1n) is 11.0. The van der Waals surface area contributed by atoms with Crippen LogP contribution in [0.4, 0.5) is 9.18 Å². The number of aromatic nitrogens is 1. The van der Waals surface area contributed by atoms with Crippen molar-refractivity contribution in [3.63, 3.8) is 0 Å². The highest BCUT2D eigenvalue weighted by Crippen LogP contribution is 2.55. The Morgan fingerprint density at radius 1 is 1.29 bits per heavy atom. The van der Waals surface area contributed by atoms with Crippen molar-refractivity contribution < 1.29 is 32.4 Å². The Morgan fingerprint density at radius 3 is 2.68 bits per heavy atom. The van der Waals surface area contributed by atoms with E-state index in [1.807, 2.05) is 0 Å². The minimum atomic E-state index is -3.56. The van der Waals surface area contributed by atoms with Gasteiger partial charge in [0.2, 0.25) is 6.54 Å². The Kier molecular flexibility index (Phi) is 7.61. The number of carbonyl (C=O) groups excluding carboxylic acids is 2. The second-order valence-corrected chi connectivity index (χ2v) is 11.3. The van der Waals surface area contributed by atoms with E-state index in [1.54, 1.807) is 44.7 Å². The molecular weight excluding hydrogens is 463 g/mol. The Morgan fingerprint density at radius 2 is 2.00 bits per heavy atom. The summed E-state index contributed by atoms with van der Waals surface area (Å²) in [6.45, 7) is 11.2. The fraction of sp³-hybridized carbons (Fsp3) is 0.478. The molecule has 2 amide bonds. The van der Waals surface area contributed by atoms with E-state index in [-0.39, 0.29) is 35.8 Å². The lowest BCUT2D eigenvalue weighted by molar-refractivity contribution is -0.432. The van der Waals surface area contributed by atoms with Gasteiger partial charge in [0.15, 0.2) is 5.82 Å². The lowest BCUT2D eigenvalue weighted by Gasteiger charge is -2.46. The van der Waals surface area contributed by atoms with E-state index in [0.717, 1.165) is 10.8 Å². The highest BCUT2D eigenvalue weighted by Gasteiger charge is 2.36. The molecule has 2 heterocycles. The minimum absolute atomic E-state index is 0.0883. The molecule has 1 aromatic carbocycles. The molecule has 0 bridgehead atoms. The highest BCUT2D eigenvalue weighted by atomic mass is 32.3. The number of amides is 2. The second kappa shape index (κ2) is 9.95. The van der Waals surface area contributed by atoms with Crippen LogP contribution in [0.1, 0.15) is 34.1 Å². The SMILES string of the molecule is C=[N+](CC(=O)N1CCCN(S(O)(O)c2cccc3cncc(F)c23)[C@@H](C)C1)C(=O)OC(C)(C)C. The maximum absolute atomic E-state index is 14.6. The molecule has 0 unspecified atom stereocenters. The van der Waals surface area contributed by atoms with Crippen LogP contribution in [0.15, 0.2) is 35.5 Å². The average molecular weight is 496 g/mol. The molecule has 2 aromatic rings. The van der Waals surface area contributed by atoms with Gasteiger partial charge < -0.3 is 9.64 Å². The predicted molar refractivity (Wildman–Crippen MR) is 129 cm³/mol. The van der Waals surface area contributed by atoms with Crippen molar-refractivity contribution in [1.29, 1.82) is 0 Å². The van der Waals surface area contributed by atoms with Crippen LogP contribution in [-0.4, -0.2) is 84.4 Å². The second-order valence-electron chi connectivity index (χ2n) is 9.36. The number of carbonyl (C=O) groups is 2. The molecule has 0 saturated carbocycles. The molecular formula is C23H32FN4O5S+. The number of pyridine rings is 1. The van der Waals surface area contributed by atoms with Crippen molar-refractivity contribution in [3.8, 4) is 0 Å². The largest absolute Gasteiger partial charge is 0.596 e. The molecule has 1 fully saturated rings. The van der Waals surface area contributed by atoms with Gasteiger partial charge >= 0.3 is 6.09 Å². The van der Waals surface area contributed by atoms with E-state index < -0.39 is 34.3 Å². The molecule has 3 rings (SSSR count). The molecule has 34 heavy (non-hydrogen) atoms. The molecule has 0 radical (unpaired) electrons. The number of fused-ring (bicyclic) bond motifs is 1. The van der Waals surface area contributed by atoms with Crippen molar-refractivity contribution >= 4 is 40.3 Å². The first-order valence-corrected chi connectivity index (χ1v) is 12.5.